The maximum Gasteiger partial charge on any atom is 0.387 e. The van der Waals surface area contributed by atoms with Crippen LogP contribution in [0.5, 0.6) is 5.75 Å². The number of aromatic nitrogens is 2. The molecule has 0 saturated heterocycles. The second-order valence-corrected chi connectivity index (χ2v) is 6.20. The Labute approximate surface area is 158 Å². The summed E-state index contributed by atoms with van der Waals surface area (Å²) in [6.07, 6.45) is 6.93. The molecule has 0 saturated carbocycles. The molecule has 0 spiro atoms. The van der Waals surface area contributed by atoms with Gasteiger partial charge in [-0.3, -0.25) is 0 Å². The third-order valence-electron chi connectivity index (χ3n) is 4.46. The first-order valence-corrected chi connectivity index (χ1v) is 8.46. The lowest BCUT2D eigenvalue weighted by atomic mass is 10.2. The second-order valence-electron chi connectivity index (χ2n) is 6.20. The van der Waals surface area contributed by atoms with Crippen molar-refractivity contribution in [2.24, 2.45) is 0 Å². The molecule has 1 aliphatic heterocycles. The third-order valence-corrected chi connectivity index (χ3v) is 4.46. The Balaban J connectivity index is 1.75. The molecule has 28 heavy (non-hydrogen) atoms. The zero-order chi connectivity index (χ0) is 19.8. The number of imidazole rings is 1. The molecule has 1 aliphatic rings. The number of fused-ring (bicyclic) bond motifs is 1. The van der Waals surface area contributed by atoms with Crippen molar-refractivity contribution in [3.63, 3.8) is 0 Å². The van der Waals surface area contributed by atoms with Crippen LogP contribution in [0.2, 0.25) is 0 Å². The summed E-state index contributed by atoms with van der Waals surface area (Å²) in [6, 6.07) is 8.36. The van der Waals surface area contributed by atoms with Crippen LogP contribution in [0, 0.1) is 18.6 Å². The zero-order valence-corrected chi connectivity index (χ0v) is 14.7. The minimum Gasteiger partial charge on any atom is -0.435 e. The van der Waals surface area contributed by atoms with Gasteiger partial charge in [-0.25, -0.2) is 13.8 Å². The predicted molar refractivity (Wildman–Crippen MR) is 97.3 cm³/mol. The van der Waals surface area contributed by atoms with Crippen LogP contribution in [-0.4, -0.2) is 16.2 Å². The number of benzene rings is 2. The lowest BCUT2D eigenvalue weighted by molar-refractivity contribution is -0.0498. The van der Waals surface area contributed by atoms with E-state index in [0.29, 0.717) is 22.5 Å². The Morgan fingerprint density at radius 3 is 2.46 bits per heavy atom. The molecule has 0 amide bonds. The van der Waals surface area contributed by atoms with E-state index in [1.165, 1.54) is 12.1 Å². The van der Waals surface area contributed by atoms with Gasteiger partial charge in [-0.05, 0) is 43.3 Å². The highest BCUT2D eigenvalue weighted by molar-refractivity contribution is 5.77. The molecular formula is C20H15F4N3O. The molecule has 1 unspecified atom stereocenters. The smallest absolute Gasteiger partial charge is 0.387 e. The number of anilines is 1. The Morgan fingerprint density at radius 1 is 1.04 bits per heavy atom. The summed E-state index contributed by atoms with van der Waals surface area (Å²) in [5.41, 5.74) is 1.50. The number of nitrogens with zero attached hydrogens (tertiary/aromatic N) is 3. The van der Waals surface area contributed by atoms with Crippen molar-refractivity contribution in [3.05, 3.63) is 78.3 Å². The molecule has 4 rings (SSSR count). The monoisotopic (exact) mass is 389 g/mol. The highest BCUT2D eigenvalue weighted by atomic mass is 19.3. The summed E-state index contributed by atoms with van der Waals surface area (Å²) in [4.78, 5) is 6.20. The van der Waals surface area contributed by atoms with Gasteiger partial charge in [0.05, 0.1) is 11.0 Å². The zero-order valence-electron chi connectivity index (χ0n) is 14.7. The van der Waals surface area contributed by atoms with Crippen LogP contribution in [0.1, 0.15) is 12.0 Å². The predicted octanol–water partition coefficient (Wildman–Crippen LogP) is 5.31. The van der Waals surface area contributed by atoms with E-state index in [2.05, 4.69) is 9.72 Å². The van der Waals surface area contributed by atoms with Gasteiger partial charge >= 0.3 is 6.61 Å². The SMILES string of the molecule is Cc1nc2cc(F)c(F)cc2n1C1C=CC=CN1c1ccc(OC(F)F)cc1. The van der Waals surface area contributed by atoms with E-state index in [0.717, 1.165) is 12.1 Å². The molecule has 0 radical (unpaired) electrons. The summed E-state index contributed by atoms with van der Waals surface area (Å²) in [6.45, 7) is -1.15. The van der Waals surface area contributed by atoms with Gasteiger partial charge in [0.25, 0.3) is 0 Å². The van der Waals surface area contributed by atoms with Crippen molar-refractivity contribution in [3.8, 4) is 5.75 Å². The van der Waals surface area contributed by atoms with Gasteiger partial charge in [-0.2, -0.15) is 8.78 Å². The number of aryl methyl sites for hydroxylation is 1. The fraction of sp³-hybridized carbons (Fsp3) is 0.150. The number of hydrogen-bond acceptors (Lipinski definition) is 3. The van der Waals surface area contributed by atoms with Crippen LogP contribution >= 0.6 is 0 Å². The highest BCUT2D eigenvalue weighted by Gasteiger charge is 2.23. The minimum absolute atomic E-state index is 0.0497. The van der Waals surface area contributed by atoms with Crippen molar-refractivity contribution >= 4 is 16.7 Å². The third kappa shape index (κ3) is 3.21. The van der Waals surface area contributed by atoms with E-state index in [4.69, 9.17) is 0 Å². The van der Waals surface area contributed by atoms with E-state index in [-0.39, 0.29) is 5.75 Å². The number of alkyl halides is 2. The lowest BCUT2D eigenvalue weighted by Gasteiger charge is -2.32. The molecule has 0 bridgehead atoms. The van der Waals surface area contributed by atoms with Gasteiger partial charge in [-0.1, -0.05) is 6.08 Å². The molecular weight excluding hydrogens is 374 g/mol. The average Bonchev–Trinajstić information content (AvgIpc) is 2.97. The van der Waals surface area contributed by atoms with Gasteiger partial charge in [-0.15, -0.1) is 0 Å². The van der Waals surface area contributed by atoms with E-state index in [1.807, 2.05) is 23.1 Å². The highest BCUT2D eigenvalue weighted by Crippen LogP contribution is 2.32. The summed E-state index contributed by atoms with van der Waals surface area (Å²) in [5.74, 6) is -1.28. The molecule has 2 heterocycles. The Bertz CT molecular complexity index is 1070. The van der Waals surface area contributed by atoms with Crippen LogP contribution in [0.3, 0.4) is 0 Å². The summed E-state index contributed by atoms with van der Waals surface area (Å²) >= 11 is 0. The first-order chi connectivity index (χ1) is 13.4. The lowest BCUT2D eigenvalue weighted by Crippen LogP contribution is -2.28. The molecule has 3 aromatic rings. The van der Waals surface area contributed by atoms with Crippen molar-refractivity contribution < 1.29 is 22.3 Å². The first kappa shape index (κ1) is 18.1. The van der Waals surface area contributed by atoms with Crippen molar-refractivity contribution in [1.29, 1.82) is 0 Å². The van der Waals surface area contributed by atoms with Gasteiger partial charge in [0.15, 0.2) is 11.6 Å². The Morgan fingerprint density at radius 2 is 1.75 bits per heavy atom. The quantitative estimate of drug-likeness (QED) is 0.567. The maximum absolute atomic E-state index is 13.8. The second kappa shape index (κ2) is 7.03. The van der Waals surface area contributed by atoms with E-state index < -0.39 is 24.4 Å². The molecule has 0 aliphatic carbocycles. The van der Waals surface area contributed by atoms with Gasteiger partial charge in [0.2, 0.25) is 0 Å². The molecule has 1 aromatic heterocycles. The van der Waals surface area contributed by atoms with E-state index >= 15 is 0 Å². The normalized spacial score (nSPS) is 16.4. The molecule has 8 heteroatoms. The fourth-order valence-electron chi connectivity index (χ4n) is 3.28. The van der Waals surface area contributed by atoms with Crippen LogP contribution in [-0.2, 0) is 0 Å². The molecule has 0 fully saturated rings. The van der Waals surface area contributed by atoms with Crippen LogP contribution in [0.15, 0.2) is 60.8 Å². The standard InChI is InChI=1S/C20H15F4N3O/c1-12-25-17-10-15(21)16(22)11-18(17)27(12)19-4-2-3-9-26(19)13-5-7-14(8-6-13)28-20(23)24/h2-11,19-20H,1H3. The largest absolute Gasteiger partial charge is 0.435 e. The summed E-state index contributed by atoms with van der Waals surface area (Å²) in [7, 11) is 0. The van der Waals surface area contributed by atoms with Gasteiger partial charge in [0, 0.05) is 24.0 Å². The van der Waals surface area contributed by atoms with E-state index in [9.17, 15) is 17.6 Å². The van der Waals surface area contributed by atoms with Crippen molar-refractivity contribution in [1.82, 2.24) is 9.55 Å². The maximum atomic E-state index is 13.8. The first-order valence-electron chi connectivity index (χ1n) is 8.46. The molecule has 2 aromatic carbocycles. The summed E-state index contributed by atoms with van der Waals surface area (Å²) in [5, 5.41) is 0. The molecule has 1 atom stereocenters. The number of ether oxygens (including phenoxy) is 1. The van der Waals surface area contributed by atoms with Gasteiger partial charge in [0.1, 0.15) is 17.7 Å². The van der Waals surface area contributed by atoms with Crippen LogP contribution in [0.4, 0.5) is 23.2 Å². The number of hydrogen-bond donors (Lipinski definition) is 0. The topological polar surface area (TPSA) is 30.3 Å². The van der Waals surface area contributed by atoms with Crippen LogP contribution in [0.25, 0.3) is 11.0 Å². The fourth-order valence-corrected chi connectivity index (χ4v) is 3.28. The minimum atomic E-state index is -2.90. The number of rotatable bonds is 4. The summed E-state index contributed by atoms with van der Waals surface area (Å²) < 4.78 is 58.3. The molecule has 4 nitrogen and oxygen atoms in total. The Kier molecular flexibility index (Phi) is 4.54. The Hall–Kier alpha value is -3.29. The number of halogens is 4. The van der Waals surface area contributed by atoms with Gasteiger partial charge < -0.3 is 14.2 Å². The average molecular weight is 389 g/mol. The van der Waals surface area contributed by atoms with Crippen LogP contribution < -0.4 is 9.64 Å². The number of allylic oxidation sites excluding steroid dienone is 2. The molecule has 0 N–H and O–H groups in total. The van der Waals surface area contributed by atoms with Crippen molar-refractivity contribution in [2.75, 3.05) is 4.90 Å². The molecule has 144 valence electrons. The van der Waals surface area contributed by atoms with Crippen molar-refractivity contribution in [2.45, 2.75) is 19.7 Å². The van der Waals surface area contributed by atoms with E-state index in [1.54, 1.807) is 29.8 Å².